The Morgan fingerprint density at radius 2 is 2.07 bits per heavy atom. The van der Waals surface area contributed by atoms with Crippen LogP contribution in [0.4, 0.5) is 5.69 Å². The first-order valence-electron chi connectivity index (χ1n) is 9.30. The van der Waals surface area contributed by atoms with Crippen molar-refractivity contribution >= 4 is 11.6 Å². The SMILES string of the molecule is O=C1C(c2cc3c(cc2O)OCOC3)c2ccccc2N1C[C@H]1CCCO1. The lowest BCUT2D eigenvalue weighted by molar-refractivity contribution is -0.118. The normalized spacial score (nSPS) is 23.9. The van der Waals surface area contributed by atoms with Crippen molar-refractivity contribution < 1.29 is 24.1 Å². The second-order valence-corrected chi connectivity index (χ2v) is 7.21. The number of rotatable bonds is 3. The molecule has 3 aliphatic heterocycles. The summed E-state index contributed by atoms with van der Waals surface area (Å²) in [6.45, 7) is 1.88. The van der Waals surface area contributed by atoms with Crippen LogP contribution in [0.25, 0.3) is 0 Å². The van der Waals surface area contributed by atoms with E-state index in [-0.39, 0.29) is 24.6 Å². The van der Waals surface area contributed by atoms with Gasteiger partial charge in [-0.05, 0) is 30.5 Å². The van der Waals surface area contributed by atoms with Crippen LogP contribution in [0.15, 0.2) is 36.4 Å². The Bertz CT molecular complexity index is 890. The van der Waals surface area contributed by atoms with Gasteiger partial charge in [0.25, 0.3) is 0 Å². The smallest absolute Gasteiger partial charge is 0.239 e. The van der Waals surface area contributed by atoms with Crippen LogP contribution in [0.3, 0.4) is 0 Å². The van der Waals surface area contributed by atoms with Gasteiger partial charge in [0.1, 0.15) is 11.5 Å². The number of aromatic hydroxyl groups is 1. The molecule has 2 aromatic carbocycles. The fourth-order valence-corrected chi connectivity index (χ4v) is 4.23. The Morgan fingerprint density at radius 1 is 1.19 bits per heavy atom. The van der Waals surface area contributed by atoms with E-state index < -0.39 is 5.92 Å². The summed E-state index contributed by atoms with van der Waals surface area (Å²) in [4.78, 5) is 15.2. The molecule has 0 saturated carbocycles. The summed E-state index contributed by atoms with van der Waals surface area (Å²) in [6.07, 6.45) is 2.07. The second kappa shape index (κ2) is 6.55. The van der Waals surface area contributed by atoms with Gasteiger partial charge >= 0.3 is 0 Å². The van der Waals surface area contributed by atoms with Crippen molar-refractivity contribution in [2.75, 3.05) is 24.8 Å². The van der Waals surface area contributed by atoms with Gasteiger partial charge in [0.15, 0.2) is 6.79 Å². The number of phenols is 1. The highest BCUT2D eigenvalue weighted by Gasteiger charge is 2.41. The van der Waals surface area contributed by atoms with Crippen LogP contribution in [0.5, 0.6) is 11.5 Å². The third-order valence-corrected chi connectivity index (χ3v) is 5.54. The highest BCUT2D eigenvalue weighted by molar-refractivity contribution is 6.07. The van der Waals surface area contributed by atoms with Gasteiger partial charge in [0, 0.05) is 29.5 Å². The van der Waals surface area contributed by atoms with Crippen molar-refractivity contribution in [1.82, 2.24) is 0 Å². The number of para-hydroxylation sites is 1. The van der Waals surface area contributed by atoms with Gasteiger partial charge in [0.2, 0.25) is 5.91 Å². The molecule has 27 heavy (non-hydrogen) atoms. The Labute approximate surface area is 157 Å². The van der Waals surface area contributed by atoms with Crippen molar-refractivity contribution in [1.29, 1.82) is 0 Å². The molecule has 1 unspecified atom stereocenters. The monoisotopic (exact) mass is 367 g/mol. The van der Waals surface area contributed by atoms with Gasteiger partial charge in [-0.15, -0.1) is 0 Å². The number of fused-ring (bicyclic) bond motifs is 2. The Morgan fingerprint density at radius 3 is 2.93 bits per heavy atom. The molecule has 140 valence electrons. The Balaban J connectivity index is 1.55. The summed E-state index contributed by atoms with van der Waals surface area (Å²) in [6, 6.07) is 11.2. The zero-order valence-corrected chi connectivity index (χ0v) is 14.9. The zero-order chi connectivity index (χ0) is 18.4. The minimum absolute atomic E-state index is 0.0282. The molecule has 1 fully saturated rings. The summed E-state index contributed by atoms with van der Waals surface area (Å²) >= 11 is 0. The van der Waals surface area contributed by atoms with Crippen molar-refractivity contribution in [3.05, 3.63) is 53.1 Å². The summed E-state index contributed by atoms with van der Waals surface area (Å²) < 4.78 is 16.5. The first kappa shape index (κ1) is 16.6. The fraction of sp³-hybridized carbons (Fsp3) is 0.381. The van der Waals surface area contributed by atoms with Gasteiger partial charge in [-0.3, -0.25) is 4.79 Å². The largest absolute Gasteiger partial charge is 0.507 e. The topological polar surface area (TPSA) is 68.2 Å². The average Bonchev–Trinajstić information content (AvgIpc) is 3.29. The van der Waals surface area contributed by atoms with Crippen LogP contribution in [-0.2, 0) is 20.9 Å². The Hall–Kier alpha value is -2.57. The van der Waals surface area contributed by atoms with Crippen molar-refractivity contribution in [2.24, 2.45) is 0 Å². The molecule has 0 radical (unpaired) electrons. The molecule has 1 N–H and O–H groups in total. The van der Waals surface area contributed by atoms with Crippen molar-refractivity contribution in [3.8, 4) is 11.5 Å². The fourth-order valence-electron chi connectivity index (χ4n) is 4.23. The molecule has 6 nitrogen and oxygen atoms in total. The molecular weight excluding hydrogens is 346 g/mol. The maximum absolute atomic E-state index is 13.4. The standard InChI is InChI=1S/C21H21NO5/c23-18-9-19-13(11-25-12-27-19)8-16(18)20-15-5-1-2-6-17(15)22(21(20)24)10-14-4-3-7-26-14/h1-2,5-6,8-9,14,20,23H,3-4,7,10-12H2/t14-,20?/m1/s1. The van der Waals surface area contributed by atoms with Crippen LogP contribution in [0.2, 0.25) is 0 Å². The molecule has 2 aromatic rings. The molecule has 0 aromatic heterocycles. The average molecular weight is 367 g/mol. The number of ether oxygens (including phenoxy) is 3. The molecule has 3 aliphatic rings. The highest BCUT2D eigenvalue weighted by Crippen LogP contribution is 2.45. The first-order valence-corrected chi connectivity index (χ1v) is 9.30. The second-order valence-electron chi connectivity index (χ2n) is 7.21. The van der Waals surface area contributed by atoms with E-state index in [0.717, 1.165) is 36.3 Å². The van der Waals surface area contributed by atoms with E-state index >= 15 is 0 Å². The predicted molar refractivity (Wildman–Crippen MR) is 98.0 cm³/mol. The van der Waals surface area contributed by atoms with Crippen LogP contribution < -0.4 is 9.64 Å². The van der Waals surface area contributed by atoms with E-state index in [4.69, 9.17) is 14.2 Å². The zero-order valence-electron chi connectivity index (χ0n) is 14.9. The molecule has 6 heteroatoms. The molecule has 0 spiro atoms. The number of phenolic OH excluding ortho intramolecular Hbond substituents is 1. The summed E-state index contributed by atoms with van der Waals surface area (Å²) in [7, 11) is 0. The minimum atomic E-state index is -0.533. The molecule has 1 saturated heterocycles. The predicted octanol–water partition coefficient (Wildman–Crippen LogP) is 2.92. The molecule has 3 heterocycles. The summed E-state index contributed by atoms with van der Waals surface area (Å²) in [5.74, 6) is 0.120. The lowest BCUT2D eigenvalue weighted by Crippen LogP contribution is -2.36. The summed E-state index contributed by atoms with van der Waals surface area (Å²) in [5, 5.41) is 10.6. The lowest BCUT2D eigenvalue weighted by atomic mass is 9.90. The van der Waals surface area contributed by atoms with Gasteiger partial charge < -0.3 is 24.2 Å². The lowest BCUT2D eigenvalue weighted by Gasteiger charge is -2.23. The van der Waals surface area contributed by atoms with Crippen LogP contribution in [0, 0.1) is 0 Å². The molecular formula is C21H21NO5. The number of hydrogen-bond donors (Lipinski definition) is 1. The summed E-state index contributed by atoms with van der Waals surface area (Å²) in [5.41, 5.74) is 3.24. The maximum atomic E-state index is 13.4. The van der Waals surface area contributed by atoms with E-state index in [1.54, 1.807) is 6.07 Å². The van der Waals surface area contributed by atoms with E-state index in [9.17, 15) is 9.90 Å². The van der Waals surface area contributed by atoms with E-state index in [1.807, 2.05) is 35.2 Å². The van der Waals surface area contributed by atoms with Crippen molar-refractivity contribution in [2.45, 2.75) is 31.5 Å². The third-order valence-electron chi connectivity index (χ3n) is 5.54. The van der Waals surface area contributed by atoms with Gasteiger partial charge in [-0.25, -0.2) is 0 Å². The Kier molecular flexibility index (Phi) is 4.02. The van der Waals surface area contributed by atoms with Gasteiger partial charge in [-0.1, -0.05) is 18.2 Å². The molecule has 0 aliphatic carbocycles. The number of carbonyl (C=O) groups is 1. The van der Waals surface area contributed by atoms with Crippen LogP contribution in [-0.4, -0.2) is 37.1 Å². The highest BCUT2D eigenvalue weighted by atomic mass is 16.7. The number of benzene rings is 2. The number of anilines is 1. The van der Waals surface area contributed by atoms with Gasteiger partial charge in [-0.2, -0.15) is 0 Å². The number of carbonyl (C=O) groups excluding carboxylic acids is 1. The molecule has 1 amide bonds. The minimum Gasteiger partial charge on any atom is -0.507 e. The van der Waals surface area contributed by atoms with Crippen molar-refractivity contribution in [3.63, 3.8) is 0 Å². The third kappa shape index (κ3) is 2.76. The van der Waals surface area contributed by atoms with E-state index in [1.165, 1.54) is 0 Å². The quantitative estimate of drug-likeness (QED) is 0.903. The van der Waals surface area contributed by atoms with E-state index in [2.05, 4.69) is 0 Å². The van der Waals surface area contributed by atoms with E-state index in [0.29, 0.717) is 24.5 Å². The van der Waals surface area contributed by atoms with Crippen LogP contribution in [0.1, 0.15) is 35.4 Å². The van der Waals surface area contributed by atoms with Gasteiger partial charge in [0.05, 0.1) is 25.2 Å². The molecule has 2 atom stereocenters. The van der Waals surface area contributed by atoms with Crippen LogP contribution >= 0.6 is 0 Å². The first-order chi connectivity index (χ1) is 13.2. The number of amides is 1. The molecule has 0 bridgehead atoms. The molecule has 5 rings (SSSR count). The maximum Gasteiger partial charge on any atom is 0.239 e. The number of hydrogen-bond acceptors (Lipinski definition) is 5. The number of nitrogens with zero attached hydrogens (tertiary/aromatic N) is 1.